The standard InChI is InChI=1S/C48H24N4O8S4/c53-37-27-17-9-7-15-25(27)33(39(37)55)49-31-19-29-41(61-31)43-35(51(29)47(57)59-21-23-11-3-1-4-12-23)45-46(63-43)36-44(64-45)42-30(52(36)48(58)60-22-24-13-5-2-6-14-24)20-32(62-42)50-34-26-16-8-10-18-28(26)38(54)40(34)56/h1-20H,21-22H2/b49-33-,50-34-. The summed E-state index contributed by atoms with van der Waals surface area (Å²) in [6, 6.07) is 35.6. The molecule has 64 heavy (non-hydrogen) atoms. The van der Waals surface area contributed by atoms with Crippen LogP contribution in [-0.4, -0.2) is 21.3 Å². The monoisotopic (exact) mass is 912 g/mol. The van der Waals surface area contributed by atoms with Gasteiger partial charge in [0.2, 0.25) is 10.9 Å². The van der Waals surface area contributed by atoms with Crippen LogP contribution in [0.1, 0.15) is 11.1 Å². The number of hydrogen-bond acceptors (Lipinski definition) is 14. The van der Waals surface area contributed by atoms with Crippen LogP contribution in [0.3, 0.4) is 0 Å². The third-order valence-corrected chi connectivity index (χ3v) is 16.0. The first kappa shape index (κ1) is 38.2. The van der Waals surface area contributed by atoms with Gasteiger partial charge in [-0.15, -0.1) is 45.3 Å². The van der Waals surface area contributed by atoms with Crippen LogP contribution in [0.25, 0.3) is 71.8 Å². The van der Waals surface area contributed by atoms with Crippen LogP contribution in [0.5, 0.6) is 0 Å². The lowest BCUT2D eigenvalue weighted by molar-refractivity contribution is 0.142. The van der Waals surface area contributed by atoms with E-state index in [1.165, 1.54) is 54.5 Å². The molecule has 0 aliphatic carbocycles. The van der Waals surface area contributed by atoms with Crippen molar-refractivity contribution in [3.63, 3.8) is 0 Å². The topological polar surface area (TPSA) is 155 Å². The van der Waals surface area contributed by atoms with Crippen molar-refractivity contribution in [2.75, 3.05) is 0 Å². The molecule has 16 heteroatoms. The van der Waals surface area contributed by atoms with Gasteiger partial charge in [0.15, 0.2) is 0 Å². The summed E-state index contributed by atoms with van der Waals surface area (Å²) in [5.74, 6) is 0. The quantitative estimate of drug-likeness (QED) is 0.149. The summed E-state index contributed by atoms with van der Waals surface area (Å²) in [6.07, 6.45) is -1.28. The van der Waals surface area contributed by atoms with E-state index in [1.807, 2.05) is 60.7 Å². The summed E-state index contributed by atoms with van der Waals surface area (Å²) in [5, 5.41) is 2.40. The Kier molecular flexibility index (Phi) is 8.67. The molecule has 6 heterocycles. The number of benzene rings is 4. The van der Waals surface area contributed by atoms with Crippen LogP contribution in [0.2, 0.25) is 0 Å². The van der Waals surface area contributed by atoms with Crippen LogP contribution in [0.4, 0.5) is 19.6 Å². The lowest BCUT2D eigenvalue weighted by atomic mass is 10.2. The molecule has 0 saturated carbocycles. The number of nitrogens with zero attached hydrogens (tertiary/aromatic N) is 4. The van der Waals surface area contributed by atoms with Crippen molar-refractivity contribution in [2.24, 2.45) is 9.98 Å². The summed E-state index contributed by atoms with van der Waals surface area (Å²) in [4.78, 5) is 90.2. The van der Waals surface area contributed by atoms with E-state index in [1.54, 1.807) is 60.7 Å². The summed E-state index contributed by atoms with van der Waals surface area (Å²) in [6.45, 7) is 0.0103. The zero-order valence-electron chi connectivity index (χ0n) is 32.6. The van der Waals surface area contributed by atoms with E-state index in [9.17, 15) is 28.8 Å². The fourth-order valence-electron chi connectivity index (χ4n) is 8.24. The minimum atomic E-state index is -0.698. The van der Waals surface area contributed by atoms with Crippen molar-refractivity contribution < 1.29 is 19.1 Å². The smallest absolute Gasteiger partial charge is 0.419 e. The van der Waals surface area contributed by atoms with Crippen molar-refractivity contribution in [1.82, 2.24) is 9.13 Å². The molecule has 12 aromatic rings. The number of carbonyl (C=O) groups excluding carboxylic acids is 2. The van der Waals surface area contributed by atoms with Crippen LogP contribution in [0, 0.1) is 0 Å². The highest BCUT2D eigenvalue weighted by Crippen LogP contribution is 2.53. The molecule has 0 aliphatic heterocycles. The average molecular weight is 913 g/mol. The molecular formula is C48H24N4O8S4. The number of carbonyl (C=O) groups is 2. The van der Waals surface area contributed by atoms with Gasteiger partial charge in [-0.2, -0.15) is 0 Å². The molecule has 0 radical (unpaired) electrons. The molecular weight excluding hydrogens is 889 g/mol. The molecule has 12 rings (SSSR count). The predicted molar refractivity (Wildman–Crippen MR) is 254 cm³/mol. The Morgan fingerprint density at radius 2 is 0.797 bits per heavy atom. The second kappa shape index (κ2) is 14.5. The molecule has 6 aromatic carbocycles. The minimum Gasteiger partial charge on any atom is -0.444 e. The maximum atomic E-state index is 14.4. The maximum Gasteiger partial charge on any atom is 0.419 e. The Morgan fingerprint density at radius 3 is 1.20 bits per heavy atom. The molecule has 0 unspecified atom stereocenters. The van der Waals surface area contributed by atoms with Crippen LogP contribution >= 0.6 is 45.3 Å². The van der Waals surface area contributed by atoms with Gasteiger partial charge in [0.05, 0.1) is 50.3 Å². The van der Waals surface area contributed by atoms with Gasteiger partial charge >= 0.3 is 12.2 Å². The van der Waals surface area contributed by atoms with Crippen LogP contribution in [-0.2, 0) is 22.7 Å². The molecule has 12 nitrogen and oxygen atoms in total. The molecule has 0 bridgehead atoms. The van der Waals surface area contributed by atoms with Gasteiger partial charge < -0.3 is 9.47 Å². The van der Waals surface area contributed by atoms with Gasteiger partial charge in [-0.05, 0) is 23.3 Å². The van der Waals surface area contributed by atoms with E-state index >= 15 is 0 Å². The van der Waals surface area contributed by atoms with Crippen molar-refractivity contribution in [2.45, 2.75) is 13.2 Å². The van der Waals surface area contributed by atoms with Gasteiger partial charge in [-0.25, -0.2) is 28.7 Å². The third-order valence-electron chi connectivity index (χ3n) is 11.1. The first-order valence-corrected chi connectivity index (χ1v) is 22.9. The summed E-state index contributed by atoms with van der Waals surface area (Å²) in [7, 11) is 0. The van der Waals surface area contributed by atoms with Crippen LogP contribution < -0.4 is 32.4 Å². The Hall–Kier alpha value is -7.50. The van der Waals surface area contributed by atoms with E-state index in [2.05, 4.69) is 0 Å². The first-order valence-electron chi connectivity index (χ1n) is 19.7. The lowest BCUT2D eigenvalue weighted by Gasteiger charge is -2.07. The highest BCUT2D eigenvalue weighted by atomic mass is 32.1. The molecule has 0 aliphatic rings. The van der Waals surface area contributed by atoms with E-state index in [4.69, 9.17) is 19.5 Å². The molecule has 0 saturated heterocycles. The number of aromatic nitrogens is 2. The molecule has 0 amide bonds. The highest BCUT2D eigenvalue weighted by molar-refractivity contribution is 7.40. The van der Waals surface area contributed by atoms with E-state index in [-0.39, 0.29) is 23.9 Å². The maximum absolute atomic E-state index is 14.4. The van der Waals surface area contributed by atoms with Gasteiger partial charge in [-0.3, -0.25) is 19.2 Å². The normalized spacial score (nSPS) is 12.8. The molecule has 0 N–H and O–H groups in total. The number of fused-ring (bicyclic) bond motifs is 11. The highest BCUT2D eigenvalue weighted by Gasteiger charge is 2.31. The van der Waals surface area contributed by atoms with Gasteiger partial charge in [0, 0.05) is 21.5 Å². The molecule has 308 valence electrons. The van der Waals surface area contributed by atoms with Gasteiger partial charge in [0.25, 0.3) is 10.9 Å². The SMILES string of the molecule is O=C(OCc1ccccc1)n1c2cc(/N=c3\c(=O)c(=O)c4ccccc34)sc2c2sc3c(sc4c5sc(/N=c6\c(=O)c(=O)c7ccccc67)cc5n(C(=O)OCc5ccccc5)c43)c21. The molecule has 0 fully saturated rings. The molecule has 6 aromatic heterocycles. The first-order chi connectivity index (χ1) is 31.2. The Bertz CT molecular complexity index is 4010. The molecule has 0 atom stereocenters. The number of ether oxygens (including phenoxy) is 2. The number of rotatable bonds is 6. The predicted octanol–water partition coefficient (Wildman–Crippen LogP) is 9.63. The zero-order valence-corrected chi connectivity index (χ0v) is 35.9. The fourth-order valence-corrected chi connectivity index (χ4v) is 13.4. The van der Waals surface area contributed by atoms with Gasteiger partial charge in [-0.1, -0.05) is 109 Å². The van der Waals surface area contributed by atoms with Crippen molar-refractivity contribution in [3.8, 4) is 0 Å². The van der Waals surface area contributed by atoms with E-state index in [0.29, 0.717) is 63.0 Å². The fraction of sp³-hybridized carbons (Fsp3) is 0.0417. The van der Waals surface area contributed by atoms with Crippen molar-refractivity contribution in [1.29, 1.82) is 0 Å². The van der Waals surface area contributed by atoms with E-state index < -0.39 is 33.9 Å². The average Bonchev–Trinajstić information content (AvgIpc) is 4.20. The van der Waals surface area contributed by atoms with Crippen molar-refractivity contribution in [3.05, 3.63) is 184 Å². The lowest BCUT2D eigenvalue weighted by Crippen LogP contribution is -2.30. The Morgan fingerprint density at radius 1 is 0.438 bits per heavy atom. The molecule has 0 spiro atoms. The van der Waals surface area contributed by atoms with Crippen LogP contribution in [0.15, 0.2) is 150 Å². The zero-order chi connectivity index (χ0) is 43.4. The summed E-state index contributed by atoms with van der Waals surface area (Å²) in [5.41, 5.74) is 1.14. The second-order valence-corrected chi connectivity index (χ2v) is 19.0. The Balaban J connectivity index is 1.09. The van der Waals surface area contributed by atoms with Gasteiger partial charge in [0.1, 0.15) is 33.9 Å². The summed E-state index contributed by atoms with van der Waals surface area (Å²) < 4.78 is 19.3. The number of thiophene rings is 4. The second-order valence-electron chi connectivity index (χ2n) is 14.9. The summed E-state index contributed by atoms with van der Waals surface area (Å²) >= 11 is 5.36. The van der Waals surface area contributed by atoms with E-state index in [0.717, 1.165) is 29.9 Å². The largest absolute Gasteiger partial charge is 0.444 e. The Labute approximate surface area is 372 Å². The third kappa shape index (κ3) is 5.76. The number of hydrogen-bond donors (Lipinski definition) is 0. The van der Waals surface area contributed by atoms with Crippen molar-refractivity contribution >= 4 is 139 Å². The minimum absolute atomic E-state index is 0.00516.